The van der Waals surface area contributed by atoms with Gasteiger partial charge < -0.3 is 19.7 Å². The number of rotatable bonds is 5. The van der Waals surface area contributed by atoms with E-state index in [0.717, 1.165) is 0 Å². The Balaban J connectivity index is 1.54. The molecule has 2 amide bonds. The van der Waals surface area contributed by atoms with Gasteiger partial charge in [-0.3, -0.25) is 9.53 Å². The normalized spacial score (nSPS) is 24.3. The fourth-order valence-corrected chi connectivity index (χ4v) is 2.45. The first-order valence-electron chi connectivity index (χ1n) is 8.05. The summed E-state index contributed by atoms with van der Waals surface area (Å²) in [5.74, 6) is -0.367. The maximum absolute atomic E-state index is 12.0. The van der Waals surface area contributed by atoms with Gasteiger partial charge in [0.1, 0.15) is 12.2 Å². The van der Waals surface area contributed by atoms with Crippen LogP contribution in [0.5, 0.6) is 0 Å². The standard InChI is InChI=1S/C15H23F3N2O5/c1-14(2,3)25-13(22)20-6-9(7-20)19-12(21)8-23-10-4-11(5-10)24-15(16,17)18/h9-11H,4-8H2,1-3H3,(H,19,21)/t10-,11+. The van der Waals surface area contributed by atoms with Gasteiger partial charge in [0.05, 0.1) is 18.2 Å². The van der Waals surface area contributed by atoms with Gasteiger partial charge >= 0.3 is 12.5 Å². The second-order valence-electron chi connectivity index (χ2n) is 7.24. The SMILES string of the molecule is CC(C)(C)OC(=O)N1CC(NC(=O)CO[C@H]2C[C@@H](OC(F)(F)F)C2)C1. The van der Waals surface area contributed by atoms with E-state index in [1.807, 2.05) is 0 Å². The van der Waals surface area contributed by atoms with Crippen molar-refractivity contribution in [3.05, 3.63) is 0 Å². The van der Waals surface area contributed by atoms with Crippen molar-refractivity contribution in [3.8, 4) is 0 Å². The molecule has 0 radical (unpaired) electrons. The lowest BCUT2D eigenvalue weighted by Gasteiger charge is -2.40. The third kappa shape index (κ3) is 6.69. The first-order chi connectivity index (χ1) is 11.4. The summed E-state index contributed by atoms with van der Waals surface area (Å²) in [6.07, 6.45) is -6.15. The monoisotopic (exact) mass is 368 g/mol. The number of nitrogens with one attached hydrogen (secondary N) is 1. The largest absolute Gasteiger partial charge is 0.522 e. The topological polar surface area (TPSA) is 77.1 Å². The zero-order valence-electron chi connectivity index (χ0n) is 14.4. The lowest BCUT2D eigenvalue weighted by molar-refractivity contribution is -0.357. The van der Waals surface area contributed by atoms with Crippen LogP contribution >= 0.6 is 0 Å². The number of nitrogens with zero attached hydrogens (tertiary/aromatic N) is 1. The van der Waals surface area contributed by atoms with Crippen molar-refractivity contribution in [2.24, 2.45) is 0 Å². The number of ether oxygens (including phenoxy) is 3. The summed E-state index contributed by atoms with van der Waals surface area (Å²) in [6.45, 7) is 5.79. The Labute approximate surface area is 143 Å². The molecule has 2 fully saturated rings. The Hall–Kier alpha value is -1.55. The summed E-state index contributed by atoms with van der Waals surface area (Å²) in [5, 5.41) is 2.69. The number of amides is 2. The second kappa shape index (κ2) is 7.36. The fraction of sp³-hybridized carbons (Fsp3) is 0.867. The van der Waals surface area contributed by atoms with E-state index in [4.69, 9.17) is 9.47 Å². The molecule has 1 aliphatic heterocycles. The van der Waals surface area contributed by atoms with Crippen LogP contribution in [-0.2, 0) is 19.0 Å². The highest BCUT2D eigenvalue weighted by atomic mass is 19.4. The third-order valence-corrected chi connectivity index (χ3v) is 3.70. The van der Waals surface area contributed by atoms with E-state index in [9.17, 15) is 22.8 Å². The molecule has 1 heterocycles. The lowest BCUT2D eigenvalue weighted by atomic mass is 9.92. The minimum absolute atomic E-state index is 0.114. The molecule has 0 aromatic carbocycles. The summed E-state index contributed by atoms with van der Waals surface area (Å²) >= 11 is 0. The van der Waals surface area contributed by atoms with Crippen molar-refractivity contribution in [2.45, 2.75) is 63.8 Å². The van der Waals surface area contributed by atoms with Gasteiger partial charge in [0.2, 0.25) is 5.91 Å². The average Bonchev–Trinajstić information content (AvgIpc) is 2.32. The van der Waals surface area contributed by atoms with E-state index in [-0.39, 0.29) is 31.4 Å². The van der Waals surface area contributed by atoms with E-state index in [2.05, 4.69) is 10.1 Å². The predicted octanol–water partition coefficient (Wildman–Crippen LogP) is 1.81. The Morgan fingerprint density at radius 2 is 1.72 bits per heavy atom. The van der Waals surface area contributed by atoms with Crippen molar-refractivity contribution in [1.82, 2.24) is 10.2 Å². The first kappa shape index (κ1) is 19.8. The molecule has 0 aromatic heterocycles. The Morgan fingerprint density at radius 1 is 1.12 bits per heavy atom. The minimum atomic E-state index is -4.64. The molecule has 0 atom stereocenters. The van der Waals surface area contributed by atoms with Gasteiger partial charge in [-0.15, -0.1) is 13.2 Å². The third-order valence-electron chi connectivity index (χ3n) is 3.70. The molecule has 0 aromatic rings. The van der Waals surface area contributed by atoms with Crippen molar-refractivity contribution in [1.29, 1.82) is 0 Å². The van der Waals surface area contributed by atoms with Gasteiger partial charge in [0.15, 0.2) is 0 Å². The molecule has 1 N–H and O–H groups in total. The zero-order chi connectivity index (χ0) is 18.8. The van der Waals surface area contributed by atoms with Gasteiger partial charge in [-0.05, 0) is 20.8 Å². The molecule has 2 aliphatic rings. The van der Waals surface area contributed by atoms with Crippen LogP contribution in [0.4, 0.5) is 18.0 Å². The average molecular weight is 368 g/mol. The van der Waals surface area contributed by atoms with E-state index < -0.39 is 30.3 Å². The zero-order valence-corrected chi connectivity index (χ0v) is 14.4. The van der Waals surface area contributed by atoms with Crippen LogP contribution in [0.1, 0.15) is 33.6 Å². The van der Waals surface area contributed by atoms with Crippen molar-refractivity contribution < 1.29 is 37.0 Å². The lowest BCUT2D eigenvalue weighted by Crippen LogP contribution is -2.62. The molecular weight excluding hydrogens is 345 g/mol. The molecule has 25 heavy (non-hydrogen) atoms. The van der Waals surface area contributed by atoms with Crippen LogP contribution in [0.2, 0.25) is 0 Å². The highest BCUT2D eigenvalue weighted by Gasteiger charge is 2.41. The number of carbonyl (C=O) groups excluding carboxylic acids is 2. The molecule has 1 saturated carbocycles. The van der Waals surface area contributed by atoms with Crippen molar-refractivity contribution >= 4 is 12.0 Å². The van der Waals surface area contributed by atoms with Gasteiger partial charge in [0, 0.05) is 25.9 Å². The number of halogens is 3. The number of hydrogen-bond donors (Lipinski definition) is 1. The molecule has 7 nitrogen and oxygen atoms in total. The maximum atomic E-state index is 12.0. The summed E-state index contributed by atoms with van der Waals surface area (Å²) in [5.41, 5.74) is -0.574. The van der Waals surface area contributed by atoms with E-state index >= 15 is 0 Å². The van der Waals surface area contributed by atoms with Gasteiger partial charge in [-0.2, -0.15) is 0 Å². The van der Waals surface area contributed by atoms with Crippen LogP contribution in [0.25, 0.3) is 0 Å². The quantitative estimate of drug-likeness (QED) is 0.801. The Bertz CT molecular complexity index is 494. The fourth-order valence-electron chi connectivity index (χ4n) is 2.45. The van der Waals surface area contributed by atoms with Crippen LogP contribution in [0, 0.1) is 0 Å². The van der Waals surface area contributed by atoms with Gasteiger partial charge in [0.25, 0.3) is 0 Å². The predicted molar refractivity (Wildman–Crippen MR) is 79.6 cm³/mol. The number of likely N-dealkylation sites (tertiary alicyclic amines) is 1. The van der Waals surface area contributed by atoms with Gasteiger partial charge in [-0.25, -0.2) is 4.79 Å². The molecule has 144 valence electrons. The van der Waals surface area contributed by atoms with Crippen molar-refractivity contribution in [3.63, 3.8) is 0 Å². The number of hydrogen-bond acceptors (Lipinski definition) is 5. The Morgan fingerprint density at radius 3 is 2.24 bits per heavy atom. The molecular formula is C15H23F3N2O5. The molecule has 2 rings (SSSR count). The Kier molecular flexibility index (Phi) is 5.82. The van der Waals surface area contributed by atoms with E-state index in [1.165, 1.54) is 4.90 Å². The number of carbonyl (C=O) groups is 2. The van der Waals surface area contributed by atoms with Crippen molar-refractivity contribution in [2.75, 3.05) is 19.7 Å². The molecule has 0 spiro atoms. The summed E-state index contributed by atoms with van der Waals surface area (Å²) < 4.78 is 50.2. The minimum Gasteiger partial charge on any atom is -0.444 e. The summed E-state index contributed by atoms with van der Waals surface area (Å²) in [6, 6.07) is -0.175. The van der Waals surface area contributed by atoms with Crippen LogP contribution in [0.15, 0.2) is 0 Å². The summed E-state index contributed by atoms with van der Waals surface area (Å²) in [7, 11) is 0. The van der Waals surface area contributed by atoms with Crippen LogP contribution < -0.4 is 5.32 Å². The smallest absolute Gasteiger partial charge is 0.444 e. The highest BCUT2D eigenvalue weighted by molar-refractivity contribution is 5.78. The molecule has 1 saturated heterocycles. The van der Waals surface area contributed by atoms with Crippen LogP contribution in [-0.4, -0.2) is 66.8 Å². The van der Waals surface area contributed by atoms with E-state index in [0.29, 0.717) is 13.1 Å². The molecule has 1 aliphatic carbocycles. The first-order valence-corrected chi connectivity index (χ1v) is 8.05. The second-order valence-corrected chi connectivity index (χ2v) is 7.24. The molecule has 10 heteroatoms. The maximum Gasteiger partial charge on any atom is 0.522 e. The van der Waals surface area contributed by atoms with Gasteiger partial charge in [-0.1, -0.05) is 0 Å². The molecule has 0 unspecified atom stereocenters. The number of alkyl halides is 3. The molecule has 0 bridgehead atoms. The van der Waals surface area contributed by atoms with Crippen LogP contribution in [0.3, 0.4) is 0 Å². The van der Waals surface area contributed by atoms with E-state index in [1.54, 1.807) is 20.8 Å². The summed E-state index contributed by atoms with van der Waals surface area (Å²) in [4.78, 5) is 24.9. The highest BCUT2D eigenvalue weighted by Crippen LogP contribution is 2.31.